The number of imidazole rings is 1. The number of hydrogen-bond donors (Lipinski definition) is 1. The van der Waals surface area contributed by atoms with Crippen molar-refractivity contribution in [2.24, 2.45) is 0 Å². The molecule has 1 atom stereocenters. The van der Waals surface area contributed by atoms with Crippen LogP contribution in [0, 0.1) is 0 Å². The Morgan fingerprint density at radius 1 is 0.895 bits per heavy atom. The third-order valence-electron chi connectivity index (χ3n) is 3.13. The molecule has 94 valence electrons. The van der Waals surface area contributed by atoms with Crippen LogP contribution < -0.4 is 0 Å². The third kappa shape index (κ3) is 2.54. The molecule has 0 spiro atoms. The van der Waals surface area contributed by atoms with Crippen LogP contribution in [0.3, 0.4) is 0 Å². The van der Waals surface area contributed by atoms with E-state index in [2.05, 4.69) is 22.1 Å². The summed E-state index contributed by atoms with van der Waals surface area (Å²) in [5.41, 5.74) is 2.38. The van der Waals surface area contributed by atoms with E-state index in [0.717, 1.165) is 10.8 Å². The van der Waals surface area contributed by atoms with Crippen molar-refractivity contribution in [2.75, 3.05) is 0 Å². The number of nitrogens with zero attached hydrogens (tertiary/aromatic N) is 1. The summed E-state index contributed by atoms with van der Waals surface area (Å²) in [6, 6.07) is 18.2. The van der Waals surface area contributed by atoms with Gasteiger partial charge in [-0.1, -0.05) is 54.1 Å². The molecule has 1 aromatic heterocycles. The first-order valence-electron chi connectivity index (χ1n) is 6.14. The van der Waals surface area contributed by atoms with Gasteiger partial charge in [0.2, 0.25) is 0 Å². The topological polar surface area (TPSA) is 28.7 Å². The van der Waals surface area contributed by atoms with E-state index in [0.29, 0.717) is 0 Å². The van der Waals surface area contributed by atoms with Crippen LogP contribution in [-0.4, -0.2) is 9.97 Å². The van der Waals surface area contributed by atoms with Gasteiger partial charge in [0.05, 0.1) is 5.92 Å². The normalized spacial score (nSPS) is 12.3. The van der Waals surface area contributed by atoms with Crippen molar-refractivity contribution in [3.05, 3.63) is 89.0 Å². The first kappa shape index (κ1) is 12.0. The first-order chi connectivity index (χ1) is 9.34. The molecule has 2 nitrogen and oxygen atoms in total. The van der Waals surface area contributed by atoms with E-state index in [1.807, 2.05) is 48.7 Å². The SMILES string of the molecule is Clc1ccc([C@H](c2ccccc2)c2ncc[nH]2)cc1. The number of hydrogen-bond acceptors (Lipinski definition) is 1. The molecule has 1 heterocycles. The Morgan fingerprint density at radius 2 is 1.58 bits per heavy atom. The highest BCUT2D eigenvalue weighted by Gasteiger charge is 2.18. The fraction of sp³-hybridized carbons (Fsp3) is 0.0625. The number of halogens is 1. The maximum Gasteiger partial charge on any atom is 0.118 e. The van der Waals surface area contributed by atoms with Crippen LogP contribution in [0.4, 0.5) is 0 Å². The van der Waals surface area contributed by atoms with E-state index < -0.39 is 0 Å². The Balaban J connectivity index is 2.10. The molecule has 3 heteroatoms. The second-order valence-corrected chi connectivity index (χ2v) is 4.81. The van der Waals surface area contributed by atoms with Gasteiger partial charge in [-0.25, -0.2) is 4.98 Å². The number of aromatic nitrogens is 2. The van der Waals surface area contributed by atoms with Gasteiger partial charge in [0.25, 0.3) is 0 Å². The van der Waals surface area contributed by atoms with Crippen LogP contribution in [0.1, 0.15) is 22.9 Å². The fourth-order valence-electron chi connectivity index (χ4n) is 2.24. The minimum absolute atomic E-state index is 0.105. The minimum Gasteiger partial charge on any atom is -0.348 e. The predicted octanol–water partition coefficient (Wildman–Crippen LogP) is 4.24. The van der Waals surface area contributed by atoms with E-state index in [9.17, 15) is 0 Å². The average molecular weight is 269 g/mol. The lowest BCUT2D eigenvalue weighted by molar-refractivity contribution is 0.884. The van der Waals surface area contributed by atoms with Gasteiger partial charge in [0.1, 0.15) is 5.82 Å². The molecular weight excluding hydrogens is 256 g/mol. The van der Waals surface area contributed by atoms with Gasteiger partial charge in [-0.3, -0.25) is 0 Å². The Kier molecular flexibility index (Phi) is 3.34. The summed E-state index contributed by atoms with van der Waals surface area (Å²) in [4.78, 5) is 7.61. The van der Waals surface area contributed by atoms with Crippen LogP contribution in [0.25, 0.3) is 0 Å². The van der Waals surface area contributed by atoms with Crippen LogP contribution in [0.2, 0.25) is 5.02 Å². The van der Waals surface area contributed by atoms with Gasteiger partial charge < -0.3 is 4.98 Å². The molecule has 2 aromatic carbocycles. The highest BCUT2D eigenvalue weighted by molar-refractivity contribution is 6.30. The zero-order valence-electron chi connectivity index (χ0n) is 10.3. The third-order valence-corrected chi connectivity index (χ3v) is 3.38. The highest BCUT2D eigenvalue weighted by atomic mass is 35.5. The largest absolute Gasteiger partial charge is 0.348 e. The molecule has 0 aliphatic heterocycles. The molecule has 1 N–H and O–H groups in total. The van der Waals surface area contributed by atoms with Gasteiger partial charge in [-0.05, 0) is 23.3 Å². The lowest BCUT2D eigenvalue weighted by Gasteiger charge is -2.15. The van der Waals surface area contributed by atoms with Crippen molar-refractivity contribution in [3.63, 3.8) is 0 Å². The maximum absolute atomic E-state index is 5.96. The summed E-state index contributed by atoms with van der Waals surface area (Å²) in [5, 5.41) is 0.745. The van der Waals surface area contributed by atoms with Crippen LogP contribution in [0.15, 0.2) is 67.0 Å². The Hall–Kier alpha value is -2.06. The maximum atomic E-state index is 5.96. The smallest absolute Gasteiger partial charge is 0.118 e. The van der Waals surface area contributed by atoms with Crippen molar-refractivity contribution in [1.82, 2.24) is 9.97 Å². The fourth-order valence-corrected chi connectivity index (χ4v) is 2.37. The van der Waals surface area contributed by atoms with Gasteiger partial charge in [-0.2, -0.15) is 0 Å². The van der Waals surface area contributed by atoms with Crippen LogP contribution in [-0.2, 0) is 0 Å². The predicted molar refractivity (Wildman–Crippen MR) is 77.4 cm³/mol. The van der Waals surface area contributed by atoms with E-state index in [4.69, 9.17) is 11.6 Å². The Morgan fingerprint density at radius 3 is 2.21 bits per heavy atom. The van der Waals surface area contributed by atoms with E-state index in [1.54, 1.807) is 6.20 Å². The molecule has 3 aromatic rings. The number of H-pyrrole nitrogens is 1. The lowest BCUT2D eigenvalue weighted by atomic mass is 9.91. The van der Waals surface area contributed by atoms with Gasteiger partial charge in [0, 0.05) is 17.4 Å². The summed E-state index contributed by atoms with van der Waals surface area (Å²) in [6.07, 6.45) is 3.63. The van der Waals surface area contributed by atoms with Crippen molar-refractivity contribution in [1.29, 1.82) is 0 Å². The van der Waals surface area contributed by atoms with Crippen molar-refractivity contribution < 1.29 is 0 Å². The molecule has 0 aliphatic rings. The summed E-state index contributed by atoms with van der Waals surface area (Å²) in [5.74, 6) is 1.04. The molecule has 19 heavy (non-hydrogen) atoms. The Bertz CT molecular complexity index is 630. The monoisotopic (exact) mass is 268 g/mol. The summed E-state index contributed by atoms with van der Waals surface area (Å²) < 4.78 is 0. The molecule has 0 saturated heterocycles. The molecule has 0 bridgehead atoms. The van der Waals surface area contributed by atoms with Gasteiger partial charge >= 0.3 is 0 Å². The zero-order chi connectivity index (χ0) is 13.1. The van der Waals surface area contributed by atoms with E-state index in [-0.39, 0.29) is 5.92 Å². The molecule has 0 amide bonds. The quantitative estimate of drug-likeness (QED) is 0.756. The van der Waals surface area contributed by atoms with Crippen molar-refractivity contribution >= 4 is 11.6 Å². The van der Waals surface area contributed by atoms with Crippen LogP contribution >= 0.6 is 11.6 Å². The van der Waals surface area contributed by atoms with E-state index in [1.165, 1.54) is 11.1 Å². The zero-order valence-corrected chi connectivity index (χ0v) is 11.0. The second-order valence-electron chi connectivity index (χ2n) is 4.37. The number of aromatic amines is 1. The number of benzene rings is 2. The van der Waals surface area contributed by atoms with E-state index >= 15 is 0 Å². The summed E-state index contributed by atoms with van der Waals surface area (Å²) in [7, 11) is 0. The Labute approximate surface area is 117 Å². The number of nitrogens with one attached hydrogen (secondary N) is 1. The molecule has 0 radical (unpaired) electrons. The minimum atomic E-state index is 0.105. The second kappa shape index (κ2) is 5.29. The first-order valence-corrected chi connectivity index (χ1v) is 6.52. The van der Waals surface area contributed by atoms with Crippen molar-refractivity contribution in [2.45, 2.75) is 5.92 Å². The number of rotatable bonds is 3. The summed E-state index contributed by atoms with van der Waals surface area (Å²) in [6.45, 7) is 0. The van der Waals surface area contributed by atoms with Crippen LogP contribution in [0.5, 0.6) is 0 Å². The van der Waals surface area contributed by atoms with Gasteiger partial charge in [-0.15, -0.1) is 0 Å². The molecule has 0 saturated carbocycles. The molecular formula is C16H13ClN2. The summed E-state index contributed by atoms with van der Waals surface area (Å²) >= 11 is 5.96. The van der Waals surface area contributed by atoms with Crippen molar-refractivity contribution in [3.8, 4) is 0 Å². The molecule has 0 fully saturated rings. The van der Waals surface area contributed by atoms with Gasteiger partial charge in [0.15, 0.2) is 0 Å². The molecule has 0 unspecified atom stereocenters. The highest BCUT2D eigenvalue weighted by Crippen LogP contribution is 2.30. The lowest BCUT2D eigenvalue weighted by Crippen LogP contribution is -2.05. The average Bonchev–Trinajstić information content (AvgIpc) is 2.96. The molecule has 0 aliphatic carbocycles. The molecule has 3 rings (SSSR count). The standard InChI is InChI=1S/C16H13ClN2/c17-14-8-6-13(7-9-14)15(16-18-10-11-19-16)12-4-2-1-3-5-12/h1-11,15H,(H,18,19)/t15-/m0/s1.